The van der Waals surface area contributed by atoms with Gasteiger partial charge in [-0.2, -0.15) is 0 Å². The van der Waals surface area contributed by atoms with Crippen LogP contribution in [0.3, 0.4) is 0 Å². The smallest absolute Gasteiger partial charge is 0.0230 e. The van der Waals surface area contributed by atoms with Crippen LogP contribution in [-0.2, 0) is 13.0 Å². The Balaban J connectivity index is 2.48. The number of nitrogens with zero attached hydrogens (tertiary/aromatic N) is 1. The first-order valence-electron chi connectivity index (χ1n) is 6.08. The van der Waals surface area contributed by atoms with Crippen molar-refractivity contribution in [1.82, 2.24) is 4.90 Å². The maximum absolute atomic E-state index is 5.53. The maximum Gasteiger partial charge on any atom is 0.0230 e. The number of hydrogen-bond donors (Lipinski definition) is 1. The highest BCUT2D eigenvalue weighted by Gasteiger charge is 2.02. The van der Waals surface area contributed by atoms with E-state index in [-0.39, 0.29) is 0 Å². The standard InChI is InChI=1S/C14H24N2/c1-12(2)10-16(3)11-14-6-4-13(5-7-14)8-9-15/h4-7,12H,8-11,15H2,1-3H3. The van der Waals surface area contributed by atoms with E-state index in [4.69, 9.17) is 5.73 Å². The summed E-state index contributed by atoms with van der Waals surface area (Å²) in [5.41, 5.74) is 8.24. The molecule has 0 unspecified atom stereocenters. The molecule has 0 aliphatic rings. The Morgan fingerprint density at radius 2 is 1.69 bits per heavy atom. The average molecular weight is 220 g/mol. The lowest BCUT2D eigenvalue weighted by molar-refractivity contribution is 0.288. The van der Waals surface area contributed by atoms with Gasteiger partial charge in [0.05, 0.1) is 0 Å². The second kappa shape index (κ2) is 6.66. The van der Waals surface area contributed by atoms with Crippen LogP contribution in [0.1, 0.15) is 25.0 Å². The SMILES string of the molecule is CC(C)CN(C)Cc1ccc(CCN)cc1. The van der Waals surface area contributed by atoms with Crippen molar-refractivity contribution in [2.24, 2.45) is 11.7 Å². The van der Waals surface area contributed by atoms with Crippen molar-refractivity contribution in [3.8, 4) is 0 Å². The summed E-state index contributed by atoms with van der Waals surface area (Å²) in [7, 11) is 2.17. The van der Waals surface area contributed by atoms with E-state index < -0.39 is 0 Å². The fourth-order valence-corrected chi connectivity index (χ4v) is 1.98. The molecule has 0 amide bonds. The second-order valence-corrected chi connectivity index (χ2v) is 4.95. The van der Waals surface area contributed by atoms with Gasteiger partial charge in [0.1, 0.15) is 0 Å². The zero-order chi connectivity index (χ0) is 12.0. The molecule has 0 atom stereocenters. The molecule has 0 aliphatic carbocycles. The summed E-state index contributed by atoms with van der Waals surface area (Å²) in [4.78, 5) is 2.36. The summed E-state index contributed by atoms with van der Waals surface area (Å²) in [6.07, 6.45) is 0.974. The van der Waals surface area contributed by atoms with Crippen molar-refractivity contribution in [2.75, 3.05) is 20.1 Å². The highest BCUT2D eigenvalue weighted by molar-refractivity contribution is 5.22. The molecule has 0 radical (unpaired) electrons. The number of hydrogen-bond acceptors (Lipinski definition) is 2. The van der Waals surface area contributed by atoms with E-state index in [2.05, 4.69) is 50.1 Å². The third kappa shape index (κ3) is 4.77. The van der Waals surface area contributed by atoms with Gasteiger partial charge in [-0.25, -0.2) is 0 Å². The van der Waals surface area contributed by atoms with Crippen molar-refractivity contribution < 1.29 is 0 Å². The minimum Gasteiger partial charge on any atom is -0.330 e. The molecule has 0 spiro atoms. The molecule has 0 fully saturated rings. The summed E-state index contributed by atoms with van der Waals surface area (Å²) in [5.74, 6) is 0.724. The average Bonchev–Trinajstić information content (AvgIpc) is 2.20. The molecule has 2 nitrogen and oxygen atoms in total. The van der Waals surface area contributed by atoms with Gasteiger partial charge in [0, 0.05) is 13.1 Å². The van der Waals surface area contributed by atoms with Gasteiger partial charge in [-0.05, 0) is 37.1 Å². The molecule has 0 heterocycles. The van der Waals surface area contributed by atoms with E-state index in [0.29, 0.717) is 0 Å². The topological polar surface area (TPSA) is 29.3 Å². The highest BCUT2D eigenvalue weighted by Crippen LogP contribution is 2.08. The first-order valence-corrected chi connectivity index (χ1v) is 6.08. The summed E-state index contributed by atoms with van der Waals surface area (Å²) in [6.45, 7) is 7.40. The van der Waals surface area contributed by atoms with Crippen LogP contribution in [-0.4, -0.2) is 25.0 Å². The van der Waals surface area contributed by atoms with Gasteiger partial charge in [-0.3, -0.25) is 0 Å². The van der Waals surface area contributed by atoms with Gasteiger partial charge in [-0.1, -0.05) is 38.1 Å². The lowest BCUT2D eigenvalue weighted by Crippen LogP contribution is -2.22. The quantitative estimate of drug-likeness (QED) is 0.797. The van der Waals surface area contributed by atoms with Gasteiger partial charge in [-0.15, -0.1) is 0 Å². The minimum atomic E-state index is 0.724. The summed E-state index contributed by atoms with van der Waals surface area (Å²) >= 11 is 0. The van der Waals surface area contributed by atoms with Gasteiger partial charge in [0.2, 0.25) is 0 Å². The lowest BCUT2D eigenvalue weighted by Gasteiger charge is -2.19. The van der Waals surface area contributed by atoms with Gasteiger partial charge in [0.25, 0.3) is 0 Å². The van der Waals surface area contributed by atoms with E-state index in [0.717, 1.165) is 32.0 Å². The molecule has 2 heteroatoms. The Labute approximate surface area is 99.5 Å². The van der Waals surface area contributed by atoms with Crippen LogP contribution in [0.2, 0.25) is 0 Å². The van der Waals surface area contributed by atoms with E-state index in [1.807, 2.05) is 0 Å². The molecule has 2 N–H and O–H groups in total. The van der Waals surface area contributed by atoms with Crippen LogP contribution in [0.15, 0.2) is 24.3 Å². The molecular formula is C14H24N2. The van der Waals surface area contributed by atoms with E-state index in [1.165, 1.54) is 11.1 Å². The van der Waals surface area contributed by atoms with E-state index in [9.17, 15) is 0 Å². The fourth-order valence-electron chi connectivity index (χ4n) is 1.98. The van der Waals surface area contributed by atoms with Crippen LogP contribution >= 0.6 is 0 Å². The van der Waals surface area contributed by atoms with Crippen LogP contribution in [0, 0.1) is 5.92 Å². The van der Waals surface area contributed by atoms with Crippen molar-refractivity contribution >= 4 is 0 Å². The molecule has 0 bridgehead atoms. The van der Waals surface area contributed by atoms with Gasteiger partial charge < -0.3 is 10.6 Å². The van der Waals surface area contributed by atoms with Crippen LogP contribution in [0.5, 0.6) is 0 Å². The Morgan fingerprint density at radius 3 is 2.19 bits per heavy atom. The third-order valence-corrected chi connectivity index (χ3v) is 2.59. The lowest BCUT2D eigenvalue weighted by atomic mass is 10.1. The molecular weight excluding hydrogens is 196 g/mol. The number of nitrogens with two attached hydrogens (primary N) is 1. The monoisotopic (exact) mass is 220 g/mol. The summed E-state index contributed by atoms with van der Waals surface area (Å²) < 4.78 is 0. The molecule has 16 heavy (non-hydrogen) atoms. The maximum atomic E-state index is 5.53. The van der Waals surface area contributed by atoms with Gasteiger partial charge >= 0.3 is 0 Å². The van der Waals surface area contributed by atoms with Gasteiger partial charge in [0.15, 0.2) is 0 Å². The Hall–Kier alpha value is -0.860. The third-order valence-electron chi connectivity index (χ3n) is 2.59. The predicted octanol–water partition coefficient (Wildman–Crippen LogP) is 2.28. The molecule has 1 aromatic carbocycles. The van der Waals surface area contributed by atoms with E-state index in [1.54, 1.807) is 0 Å². The summed E-state index contributed by atoms with van der Waals surface area (Å²) in [5, 5.41) is 0. The first kappa shape index (κ1) is 13.2. The number of rotatable bonds is 6. The first-order chi connectivity index (χ1) is 7.61. The minimum absolute atomic E-state index is 0.724. The summed E-state index contributed by atoms with van der Waals surface area (Å²) in [6, 6.07) is 8.79. The zero-order valence-electron chi connectivity index (χ0n) is 10.7. The van der Waals surface area contributed by atoms with Crippen LogP contribution < -0.4 is 5.73 Å². The molecule has 0 saturated heterocycles. The Bertz CT molecular complexity index is 290. The molecule has 0 aromatic heterocycles. The molecule has 1 aromatic rings. The fraction of sp³-hybridized carbons (Fsp3) is 0.571. The van der Waals surface area contributed by atoms with Crippen molar-refractivity contribution in [2.45, 2.75) is 26.8 Å². The predicted molar refractivity (Wildman–Crippen MR) is 70.4 cm³/mol. The highest BCUT2D eigenvalue weighted by atomic mass is 15.1. The molecule has 0 saturated carbocycles. The normalized spacial score (nSPS) is 11.4. The second-order valence-electron chi connectivity index (χ2n) is 4.95. The zero-order valence-corrected chi connectivity index (χ0v) is 10.7. The molecule has 90 valence electrons. The Kier molecular flexibility index (Phi) is 5.50. The van der Waals surface area contributed by atoms with E-state index >= 15 is 0 Å². The Morgan fingerprint density at radius 1 is 1.12 bits per heavy atom. The molecule has 0 aliphatic heterocycles. The largest absolute Gasteiger partial charge is 0.330 e. The van der Waals surface area contributed by atoms with Crippen molar-refractivity contribution in [3.63, 3.8) is 0 Å². The van der Waals surface area contributed by atoms with Crippen LogP contribution in [0.25, 0.3) is 0 Å². The van der Waals surface area contributed by atoms with Crippen LogP contribution in [0.4, 0.5) is 0 Å². The van der Waals surface area contributed by atoms with Crippen molar-refractivity contribution in [1.29, 1.82) is 0 Å². The van der Waals surface area contributed by atoms with Crippen molar-refractivity contribution in [3.05, 3.63) is 35.4 Å². The number of benzene rings is 1. The molecule has 1 rings (SSSR count).